The molecule has 0 amide bonds. The van der Waals surface area contributed by atoms with Crippen LogP contribution in [0, 0.1) is 5.41 Å². The number of rotatable bonds is 4. The van der Waals surface area contributed by atoms with Gasteiger partial charge in [0.05, 0.1) is 12.2 Å². The molecule has 1 aromatic carbocycles. The van der Waals surface area contributed by atoms with Gasteiger partial charge in [-0.05, 0) is 28.0 Å². The number of nitrogens with zero attached hydrogens (tertiary/aromatic N) is 4. The second kappa shape index (κ2) is 5.27. The van der Waals surface area contributed by atoms with Gasteiger partial charge in [-0.1, -0.05) is 39.0 Å². The van der Waals surface area contributed by atoms with E-state index in [4.69, 9.17) is 0 Å². The van der Waals surface area contributed by atoms with Gasteiger partial charge in [-0.3, -0.25) is 0 Å². The topological polar surface area (TPSA) is 55.6 Å². The molecule has 5 nitrogen and oxygen atoms in total. The predicted octanol–water partition coefficient (Wildman–Crippen LogP) is 1.80. The van der Waals surface area contributed by atoms with Crippen LogP contribution in [0.2, 0.25) is 0 Å². The molecule has 0 saturated heterocycles. The molecule has 2 rings (SSSR count). The molecule has 0 aliphatic carbocycles. The van der Waals surface area contributed by atoms with E-state index in [1.807, 2.05) is 30.3 Å². The van der Waals surface area contributed by atoms with Gasteiger partial charge in [0.1, 0.15) is 0 Å². The van der Waals surface area contributed by atoms with E-state index in [0.29, 0.717) is 6.54 Å². The summed E-state index contributed by atoms with van der Waals surface area (Å²) in [5.41, 5.74) is 1.24. The summed E-state index contributed by atoms with van der Waals surface area (Å²) in [7, 11) is 0. The van der Waals surface area contributed by atoms with Crippen molar-refractivity contribution in [3.63, 3.8) is 0 Å². The molecule has 1 aromatic heterocycles. The normalized spacial score (nSPS) is 11.7. The van der Waals surface area contributed by atoms with Gasteiger partial charge in [0.15, 0.2) is 5.82 Å². The van der Waals surface area contributed by atoms with E-state index in [2.05, 4.69) is 41.6 Å². The fraction of sp³-hybridized carbons (Fsp3) is 0.462. The maximum absolute atomic E-state index is 4.05. The zero-order valence-corrected chi connectivity index (χ0v) is 11.1. The van der Waals surface area contributed by atoms with Crippen molar-refractivity contribution in [3.05, 3.63) is 36.2 Å². The fourth-order valence-electron chi connectivity index (χ4n) is 1.64. The van der Waals surface area contributed by atoms with Crippen molar-refractivity contribution in [1.29, 1.82) is 0 Å². The molecule has 0 bridgehead atoms. The summed E-state index contributed by atoms with van der Waals surface area (Å²) < 4.78 is 1.76. The van der Waals surface area contributed by atoms with Crippen LogP contribution in [0.4, 0.5) is 0 Å². The van der Waals surface area contributed by atoms with Gasteiger partial charge in [0.2, 0.25) is 0 Å². The number of hydrogen-bond acceptors (Lipinski definition) is 4. The van der Waals surface area contributed by atoms with Crippen LogP contribution in [0.1, 0.15) is 26.6 Å². The zero-order valence-electron chi connectivity index (χ0n) is 11.1. The molecule has 0 atom stereocenters. The van der Waals surface area contributed by atoms with Crippen molar-refractivity contribution in [2.45, 2.75) is 27.3 Å². The van der Waals surface area contributed by atoms with Crippen molar-refractivity contribution >= 4 is 0 Å². The van der Waals surface area contributed by atoms with Gasteiger partial charge in [0, 0.05) is 6.54 Å². The Balaban J connectivity index is 2.05. The maximum atomic E-state index is 4.05. The molecule has 2 aromatic rings. The van der Waals surface area contributed by atoms with E-state index in [9.17, 15) is 0 Å². The molecule has 1 heterocycles. The minimum atomic E-state index is 0.255. The zero-order chi connectivity index (χ0) is 13.0. The molecule has 0 aliphatic heterocycles. The predicted molar refractivity (Wildman–Crippen MR) is 70.3 cm³/mol. The standard InChI is InChI=1S/C13H19N5/c1-13(2,3)10-14-9-12-15-16-17-18(12)11-7-5-4-6-8-11/h4-8,14H,9-10H2,1-3H3. The van der Waals surface area contributed by atoms with Gasteiger partial charge in [0.25, 0.3) is 0 Å². The van der Waals surface area contributed by atoms with Crippen molar-refractivity contribution in [1.82, 2.24) is 25.5 Å². The molecule has 0 spiro atoms. The third kappa shape index (κ3) is 3.37. The summed E-state index contributed by atoms with van der Waals surface area (Å²) in [5, 5.41) is 15.2. The molecule has 1 N–H and O–H groups in total. The first-order valence-electron chi connectivity index (χ1n) is 6.10. The van der Waals surface area contributed by atoms with Crippen molar-refractivity contribution in [3.8, 4) is 5.69 Å². The number of aromatic nitrogens is 4. The number of benzene rings is 1. The SMILES string of the molecule is CC(C)(C)CNCc1nnnn1-c1ccccc1. The molecule has 18 heavy (non-hydrogen) atoms. The lowest BCUT2D eigenvalue weighted by Gasteiger charge is -2.18. The van der Waals surface area contributed by atoms with Crippen LogP contribution in [0.3, 0.4) is 0 Å². The average molecular weight is 245 g/mol. The molecule has 0 fully saturated rings. The van der Waals surface area contributed by atoms with E-state index in [0.717, 1.165) is 18.1 Å². The Morgan fingerprint density at radius 2 is 1.89 bits per heavy atom. The van der Waals surface area contributed by atoms with Gasteiger partial charge in [-0.15, -0.1) is 5.10 Å². The highest BCUT2D eigenvalue weighted by Crippen LogP contribution is 2.11. The van der Waals surface area contributed by atoms with Crippen LogP contribution >= 0.6 is 0 Å². The number of para-hydroxylation sites is 1. The molecular weight excluding hydrogens is 226 g/mol. The monoisotopic (exact) mass is 245 g/mol. The summed E-state index contributed by atoms with van der Waals surface area (Å²) in [6.07, 6.45) is 0. The largest absolute Gasteiger partial charge is 0.309 e. The highest BCUT2D eigenvalue weighted by Gasteiger charge is 2.11. The minimum absolute atomic E-state index is 0.255. The van der Waals surface area contributed by atoms with Crippen LogP contribution in [-0.4, -0.2) is 26.8 Å². The maximum Gasteiger partial charge on any atom is 0.170 e. The Morgan fingerprint density at radius 3 is 2.56 bits per heavy atom. The molecule has 0 radical (unpaired) electrons. The molecule has 5 heteroatoms. The lowest BCUT2D eigenvalue weighted by Crippen LogP contribution is -2.27. The summed E-state index contributed by atoms with van der Waals surface area (Å²) >= 11 is 0. The lowest BCUT2D eigenvalue weighted by atomic mass is 9.97. The highest BCUT2D eigenvalue weighted by molar-refractivity contribution is 5.30. The second-order valence-corrected chi connectivity index (χ2v) is 5.51. The van der Waals surface area contributed by atoms with Crippen LogP contribution in [0.5, 0.6) is 0 Å². The molecular formula is C13H19N5. The summed E-state index contributed by atoms with van der Waals surface area (Å²) in [5.74, 6) is 0.824. The minimum Gasteiger partial charge on any atom is -0.309 e. The number of nitrogens with one attached hydrogen (secondary N) is 1. The first kappa shape index (κ1) is 12.7. The van der Waals surface area contributed by atoms with Crippen molar-refractivity contribution < 1.29 is 0 Å². The quantitative estimate of drug-likeness (QED) is 0.892. The molecule has 0 unspecified atom stereocenters. The average Bonchev–Trinajstić information content (AvgIpc) is 2.77. The fourth-order valence-corrected chi connectivity index (χ4v) is 1.64. The van der Waals surface area contributed by atoms with Gasteiger partial charge in [-0.2, -0.15) is 4.68 Å². The summed E-state index contributed by atoms with van der Waals surface area (Å²) in [6.45, 7) is 8.17. The Bertz CT molecular complexity index is 484. The third-order valence-corrected chi connectivity index (χ3v) is 2.47. The number of tetrazole rings is 1. The Labute approximate surface area is 107 Å². The molecule has 0 aliphatic rings. The Hall–Kier alpha value is -1.75. The van der Waals surface area contributed by atoms with E-state index >= 15 is 0 Å². The number of hydrogen-bond donors (Lipinski definition) is 1. The molecule has 96 valence electrons. The molecule has 0 saturated carbocycles. The van der Waals surface area contributed by atoms with Crippen molar-refractivity contribution in [2.24, 2.45) is 5.41 Å². The highest BCUT2D eigenvalue weighted by atomic mass is 15.5. The van der Waals surface area contributed by atoms with Gasteiger partial charge in [-0.25, -0.2) is 0 Å². The lowest BCUT2D eigenvalue weighted by molar-refractivity contribution is 0.376. The van der Waals surface area contributed by atoms with Gasteiger partial charge >= 0.3 is 0 Å². The third-order valence-electron chi connectivity index (χ3n) is 2.47. The van der Waals surface area contributed by atoms with E-state index in [1.54, 1.807) is 4.68 Å². The Kier molecular flexibility index (Phi) is 3.72. The van der Waals surface area contributed by atoms with E-state index < -0.39 is 0 Å². The van der Waals surface area contributed by atoms with E-state index in [1.165, 1.54) is 0 Å². The second-order valence-electron chi connectivity index (χ2n) is 5.51. The smallest absolute Gasteiger partial charge is 0.170 e. The Morgan fingerprint density at radius 1 is 1.17 bits per heavy atom. The summed E-state index contributed by atoms with van der Waals surface area (Å²) in [6, 6.07) is 9.91. The first-order valence-corrected chi connectivity index (χ1v) is 6.10. The van der Waals surface area contributed by atoms with Crippen LogP contribution < -0.4 is 5.32 Å². The van der Waals surface area contributed by atoms with Crippen molar-refractivity contribution in [2.75, 3.05) is 6.54 Å². The van der Waals surface area contributed by atoms with Crippen LogP contribution in [0.15, 0.2) is 30.3 Å². The van der Waals surface area contributed by atoms with Gasteiger partial charge < -0.3 is 5.32 Å². The first-order chi connectivity index (χ1) is 8.56. The van der Waals surface area contributed by atoms with E-state index in [-0.39, 0.29) is 5.41 Å². The summed E-state index contributed by atoms with van der Waals surface area (Å²) in [4.78, 5) is 0. The van der Waals surface area contributed by atoms with Crippen LogP contribution in [0.25, 0.3) is 5.69 Å². The van der Waals surface area contributed by atoms with Crippen LogP contribution in [-0.2, 0) is 6.54 Å².